The van der Waals surface area contributed by atoms with Crippen LogP contribution in [0.25, 0.3) is 0 Å². The standard InChI is InChI=1S/Fe.Ni.Sn.Zn.2H. The zero-order valence-corrected chi connectivity index (χ0v) is 11.2. The van der Waals surface area contributed by atoms with Crippen molar-refractivity contribution >= 4 is 23.9 Å². The van der Waals surface area contributed by atoms with Gasteiger partial charge in [0.2, 0.25) is 0 Å². The van der Waals surface area contributed by atoms with Gasteiger partial charge in [-0.3, -0.25) is 0 Å². The fraction of sp³-hybridized carbons (Fsp3) is 0. The third-order valence-electron chi connectivity index (χ3n) is 0. The SMILES string of the molecule is [Fe].[Ni].[SnH2].[Zn]. The molecule has 0 aromatic heterocycles. The van der Waals surface area contributed by atoms with Gasteiger partial charge in [-0.25, -0.2) is 0 Å². The number of hydrogen-bond donors (Lipinski definition) is 0. The van der Waals surface area contributed by atoms with Gasteiger partial charge in [0.05, 0.1) is 0 Å². The van der Waals surface area contributed by atoms with Crippen molar-refractivity contribution in [1.82, 2.24) is 0 Å². The van der Waals surface area contributed by atoms with Gasteiger partial charge in [-0.2, -0.15) is 0 Å². The van der Waals surface area contributed by atoms with Crippen LogP contribution in [0.5, 0.6) is 0 Å². The molecule has 0 amide bonds. The Balaban J connectivity index is 0. The van der Waals surface area contributed by atoms with Crippen LogP contribution in [0.1, 0.15) is 0 Å². The minimum absolute atomic E-state index is 0. The molecule has 0 bridgehead atoms. The average molecular weight is 301 g/mol. The molecule has 0 rings (SSSR count). The van der Waals surface area contributed by atoms with E-state index in [2.05, 4.69) is 0 Å². The Kier molecular flexibility index (Phi) is 144. The molecule has 0 spiro atoms. The first-order valence-corrected chi connectivity index (χ1v) is 0. The van der Waals surface area contributed by atoms with E-state index in [4.69, 9.17) is 0 Å². The van der Waals surface area contributed by atoms with E-state index in [0.717, 1.165) is 0 Å². The maximum Gasteiger partial charge on any atom is 0 e. The van der Waals surface area contributed by atoms with Crippen molar-refractivity contribution in [2.75, 3.05) is 0 Å². The van der Waals surface area contributed by atoms with E-state index in [1.165, 1.54) is 0 Å². The quantitative estimate of drug-likeness (QED) is 0.508. The van der Waals surface area contributed by atoms with E-state index < -0.39 is 0 Å². The molecule has 0 aromatic carbocycles. The van der Waals surface area contributed by atoms with Gasteiger partial charge in [-0.1, -0.05) is 0 Å². The van der Waals surface area contributed by atoms with Crippen molar-refractivity contribution in [2.45, 2.75) is 0 Å². The summed E-state index contributed by atoms with van der Waals surface area (Å²) in [5, 5.41) is 0. The molecule has 0 saturated heterocycles. The summed E-state index contributed by atoms with van der Waals surface area (Å²) in [6.07, 6.45) is 0. The Labute approximate surface area is 76.0 Å². The Morgan fingerprint density at radius 3 is 1.00 bits per heavy atom. The summed E-state index contributed by atoms with van der Waals surface area (Å²) in [7, 11) is 0. The Morgan fingerprint density at radius 2 is 1.00 bits per heavy atom. The largest absolute Gasteiger partial charge is 0 e. The van der Waals surface area contributed by atoms with Crippen molar-refractivity contribution in [3.05, 3.63) is 0 Å². The third kappa shape index (κ3) is 8.83. The summed E-state index contributed by atoms with van der Waals surface area (Å²) in [6, 6.07) is 0. The normalized spacial score (nSPS) is 0. The van der Waals surface area contributed by atoms with E-state index >= 15 is 0 Å². The van der Waals surface area contributed by atoms with Crippen LogP contribution in [-0.4, -0.2) is 23.9 Å². The van der Waals surface area contributed by atoms with Gasteiger partial charge >= 0.3 is 23.9 Å². The fourth-order valence-corrected chi connectivity index (χ4v) is 0. The predicted molar refractivity (Wildman–Crippen MR) is 8.54 cm³/mol. The van der Waals surface area contributed by atoms with Crippen LogP contribution in [0.15, 0.2) is 0 Å². The minimum atomic E-state index is 0. The summed E-state index contributed by atoms with van der Waals surface area (Å²) < 4.78 is 0. The van der Waals surface area contributed by atoms with Crippen molar-refractivity contribution < 1.29 is 53.0 Å². The minimum Gasteiger partial charge on any atom is 0 e. The van der Waals surface area contributed by atoms with Crippen LogP contribution in [0.3, 0.4) is 0 Å². The Bertz CT molecular complexity index is 8.00. The summed E-state index contributed by atoms with van der Waals surface area (Å²) in [4.78, 5) is 0. The van der Waals surface area contributed by atoms with Gasteiger partial charge in [0.25, 0.3) is 0 Å². The van der Waals surface area contributed by atoms with Gasteiger partial charge in [0, 0.05) is 53.0 Å². The second-order valence-corrected chi connectivity index (χ2v) is 0. The second-order valence-electron chi connectivity index (χ2n) is 0. The summed E-state index contributed by atoms with van der Waals surface area (Å²) in [5.41, 5.74) is 0. The molecule has 4 heteroatoms. The first kappa shape index (κ1) is 32.1. The maximum atomic E-state index is 0. The molecule has 0 atom stereocenters. The molecule has 0 aliphatic heterocycles. The van der Waals surface area contributed by atoms with Gasteiger partial charge in [-0.05, 0) is 0 Å². The molecular weight excluding hydrogens is 299 g/mol. The van der Waals surface area contributed by atoms with Gasteiger partial charge < -0.3 is 0 Å². The van der Waals surface area contributed by atoms with Crippen LogP contribution in [0, 0.1) is 0 Å². The van der Waals surface area contributed by atoms with Crippen molar-refractivity contribution in [1.29, 1.82) is 0 Å². The predicted octanol–water partition coefficient (Wildman–Crippen LogP) is -0.924. The third-order valence-corrected chi connectivity index (χ3v) is 0. The first-order valence-electron chi connectivity index (χ1n) is 0. The summed E-state index contributed by atoms with van der Waals surface area (Å²) in [5.74, 6) is 0. The van der Waals surface area contributed by atoms with E-state index in [1.807, 2.05) is 0 Å². The van der Waals surface area contributed by atoms with Crippen molar-refractivity contribution in [3.8, 4) is 0 Å². The van der Waals surface area contributed by atoms with Crippen LogP contribution in [0.2, 0.25) is 0 Å². The second kappa shape index (κ2) is 18.0. The van der Waals surface area contributed by atoms with Crippen LogP contribution >= 0.6 is 0 Å². The average Bonchev–Trinajstić information content (AvgIpc) is 0. The zero-order valence-electron chi connectivity index (χ0n) is 2.08. The van der Waals surface area contributed by atoms with Crippen LogP contribution in [-0.2, 0) is 53.0 Å². The molecule has 0 saturated carbocycles. The first-order chi connectivity index (χ1) is 0. The molecule has 0 aromatic rings. The smallest absolute Gasteiger partial charge is 0 e. The van der Waals surface area contributed by atoms with E-state index in [1.54, 1.807) is 0 Å². The molecule has 0 N–H and O–H groups in total. The molecular formula is H2FeNiSnZn. The molecule has 2 radical (unpaired) electrons. The molecule has 0 nitrogen and oxygen atoms in total. The Morgan fingerprint density at radius 1 is 1.00 bits per heavy atom. The van der Waals surface area contributed by atoms with Gasteiger partial charge in [-0.15, -0.1) is 0 Å². The molecule has 26 valence electrons. The molecule has 0 fully saturated rings. The molecule has 0 heterocycles. The fourth-order valence-electron chi connectivity index (χ4n) is 0. The van der Waals surface area contributed by atoms with Crippen molar-refractivity contribution in [2.24, 2.45) is 0 Å². The topological polar surface area (TPSA) is 0 Å². The van der Waals surface area contributed by atoms with E-state index in [9.17, 15) is 0 Å². The molecule has 4 heavy (non-hydrogen) atoms. The van der Waals surface area contributed by atoms with E-state index in [0.29, 0.717) is 0 Å². The van der Waals surface area contributed by atoms with Crippen LogP contribution in [0.4, 0.5) is 0 Å². The maximum absolute atomic E-state index is 0. The number of hydrogen-bond acceptors (Lipinski definition) is 0. The summed E-state index contributed by atoms with van der Waals surface area (Å²) >= 11 is 0. The number of rotatable bonds is 0. The molecule has 0 unspecified atom stereocenters. The Hall–Kier alpha value is 2.44. The van der Waals surface area contributed by atoms with Crippen molar-refractivity contribution in [3.63, 3.8) is 0 Å². The zero-order chi connectivity index (χ0) is 0. The molecule has 0 aliphatic carbocycles. The molecule has 0 aliphatic rings. The summed E-state index contributed by atoms with van der Waals surface area (Å²) in [6.45, 7) is 0. The van der Waals surface area contributed by atoms with Crippen LogP contribution < -0.4 is 0 Å². The van der Waals surface area contributed by atoms with Gasteiger partial charge in [0.1, 0.15) is 0 Å². The van der Waals surface area contributed by atoms with E-state index in [-0.39, 0.29) is 76.9 Å². The monoisotopic (exact) mass is 300 g/mol. The van der Waals surface area contributed by atoms with Gasteiger partial charge in [0.15, 0.2) is 0 Å².